The zero-order chi connectivity index (χ0) is 27.6. The second-order valence-electron chi connectivity index (χ2n) is 7.74. The van der Waals surface area contributed by atoms with Crippen molar-refractivity contribution in [2.24, 2.45) is 5.73 Å². The van der Waals surface area contributed by atoms with Crippen molar-refractivity contribution >= 4 is 61.1 Å². The van der Waals surface area contributed by atoms with Gasteiger partial charge in [0.1, 0.15) is 28.5 Å². The van der Waals surface area contributed by atoms with Gasteiger partial charge < -0.3 is 19.6 Å². The van der Waals surface area contributed by atoms with Crippen LogP contribution < -0.4 is 20.1 Å². The first-order valence-electron chi connectivity index (χ1n) is 10.6. The number of aromatic nitrogens is 1. The zero-order valence-electron chi connectivity index (χ0n) is 19.8. The largest absolute Gasteiger partial charge is 0.482 e. The molecule has 0 aliphatic heterocycles. The van der Waals surface area contributed by atoms with E-state index in [0.717, 1.165) is 22.7 Å². The van der Waals surface area contributed by atoms with Crippen molar-refractivity contribution in [2.45, 2.75) is 0 Å². The summed E-state index contributed by atoms with van der Waals surface area (Å²) in [4.78, 5) is 40.5. The molecule has 0 atom stereocenters. The third-order valence-electron chi connectivity index (χ3n) is 5.15. The lowest BCUT2D eigenvalue weighted by Gasteiger charge is -2.20. The van der Waals surface area contributed by atoms with Crippen molar-refractivity contribution in [3.8, 4) is 17.1 Å². The quantitative estimate of drug-likeness (QED) is 0.241. The molecule has 0 aliphatic carbocycles. The van der Waals surface area contributed by atoms with Gasteiger partial charge in [-0.05, 0) is 30.3 Å². The molecule has 2 heterocycles. The fourth-order valence-electron chi connectivity index (χ4n) is 3.39. The van der Waals surface area contributed by atoms with E-state index in [1.54, 1.807) is 5.38 Å². The maximum atomic E-state index is 13.5. The molecule has 2 aromatic heterocycles. The molecule has 198 valence electrons. The second-order valence-corrected chi connectivity index (χ2v) is 10.7. The molecule has 38 heavy (non-hydrogen) atoms. The number of carbonyl (C=O) groups excluding carboxylic acids is 3. The molecule has 0 aliphatic rings. The van der Waals surface area contributed by atoms with Gasteiger partial charge in [0.15, 0.2) is 11.7 Å². The monoisotopic (exact) mass is 562 g/mol. The number of benzene rings is 2. The van der Waals surface area contributed by atoms with Crippen molar-refractivity contribution < 1.29 is 41.1 Å². The standard InChI is InChI=1S/C23H19FN4O8S2/c1-28(38(2,32)33)15-10-16-14(9-17(15)34-11-18(29)27-23-26-7-8-37-23)19(21(30)36-22(25)31)20(35-16)12-3-5-13(24)6-4-12/h3-10H,11H2,1-2H3,(H2,25,31)(H,26,27,29). The molecule has 0 saturated heterocycles. The lowest BCUT2D eigenvalue weighted by atomic mass is 10.0. The summed E-state index contributed by atoms with van der Waals surface area (Å²) >= 11 is 1.19. The Bertz CT molecular complexity index is 1630. The number of rotatable bonds is 8. The Morgan fingerprint density at radius 2 is 1.92 bits per heavy atom. The van der Waals surface area contributed by atoms with Crippen LogP contribution in [-0.4, -0.2) is 51.3 Å². The van der Waals surface area contributed by atoms with E-state index >= 15 is 0 Å². The normalized spacial score (nSPS) is 11.2. The van der Waals surface area contributed by atoms with Crippen LogP contribution in [0.25, 0.3) is 22.3 Å². The van der Waals surface area contributed by atoms with E-state index in [1.807, 2.05) is 0 Å². The number of nitrogens with two attached hydrogens (primary N) is 1. The summed E-state index contributed by atoms with van der Waals surface area (Å²) in [6.07, 6.45) is 1.08. The molecule has 3 N–H and O–H groups in total. The molecular weight excluding hydrogens is 543 g/mol. The number of primary amides is 1. The van der Waals surface area contributed by atoms with Gasteiger partial charge in [-0.1, -0.05) is 0 Å². The van der Waals surface area contributed by atoms with Crippen LogP contribution in [0.5, 0.6) is 5.75 Å². The zero-order valence-corrected chi connectivity index (χ0v) is 21.4. The van der Waals surface area contributed by atoms with Crippen LogP contribution in [0.3, 0.4) is 0 Å². The highest BCUT2D eigenvalue weighted by Gasteiger charge is 2.28. The average Bonchev–Trinajstić information content (AvgIpc) is 3.48. The molecule has 4 aromatic rings. The Morgan fingerprint density at radius 3 is 2.53 bits per heavy atom. The minimum Gasteiger partial charge on any atom is -0.482 e. The van der Waals surface area contributed by atoms with Crippen LogP contribution in [0.2, 0.25) is 0 Å². The number of carbonyl (C=O) groups is 3. The summed E-state index contributed by atoms with van der Waals surface area (Å²) in [6.45, 7) is -0.542. The first-order valence-corrected chi connectivity index (χ1v) is 13.3. The molecule has 2 aromatic carbocycles. The Hall–Kier alpha value is -4.50. The maximum absolute atomic E-state index is 13.5. The number of thiazole rings is 1. The molecule has 0 spiro atoms. The van der Waals surface area contributed by atoms with E-state index in [9.17, 15) is 27.2 Å². The summed E-state index contributed by atoms with van der Waals surface area (Å²) in [6, 6.07) is 7.46. The molecule has 0 radical (unpaired) electrons. The van der Waals surface area contributed by atoms with Crippen molar-refractivity contribution in [1.29, 1.82) is 0 Å². The highest BCUT2D eigenvalue weighted by atomic mass is 32.2. The number of nitrogens with one attached hydrogen (secondary N) is 1. The molecule has 2 amide bonds. The van der Waals surface area contributed by atoms with Crippen LogP contribution >= 0.6 is 11.3 Å². The van der Waals surface area contributed by atoms with Crippen LogP contribution in [-0.2, 0) is 19.6 Å². The van der Waals surface area contributed by atoms with E-state index < -0.39 is 40.4 Å². The summed E-state index contributed by atoms with van der Waals surface area (Å²) < 4.78 is 55.1. The van der Waals surface area contributed by atoms with Crippen LogP contribution in [0.15, 0.2) is 52.4 Å². The van der Waals surface area contributed by atoms with Crippen LogP contribution in [0, 0.1) is 5.82 Å². The number of fused-ring (bicyclic) bond motifs is 1. The summed E-state index contributed by atoms with van der Waals surface area (Å²) in [5.41, 5.74) is 5.01. The Kier molecular flexibility index (Phi) is 7.32. The number of sulfonamides is 1. The smallest absolute Gasteiger partial charge is 0.412 e. The number of ether oxygens (including phenoxy) is 2. The van der Waals surface area contributed by atoms with Gasteiger partial charge in [0.25, 0.3) is 5.91 Å². The van der Waals surface area contributed by atoms with Gasteiger partial charge in [-0.2, -0.15) is 0 Å². The summed E-state index contributed by atoms with van der Waals surface area (Å²) in [5, 5.41) is 4.57. The van der Waals surface area contributed by atoms with E-state index in [4.69, 9.17) is 14.9 Å². The fourth-order valence-corrected chi connectivity index (χ4v) is 4.43. The van der Waals surface area contributed by atoms with Gasteiger partial charge in [-0.15, -0.1) is 11.3 Å². The Morgan fingerprint density at radius 1 is 1.21 bits per heavy atom. The minimum atomic E-state index is -3.81. The number of esters is 1. The van der Waals surface area contributed by atoms with Gasteiger partial charge in [0.2, 0.25) is 10.0 Å². The van der Waals surface area contributed by atoms with Crippen molar-refractivity contribution in [2.75, 3.05) is 29.5 Å². The maximum Gasteiger partial charge on any atom is 0.412 e. The third kappa shape index (κ3) is 5.73. The molecular formula is C23H19FN4O8S2. The van der Waals surface area contributed by atoms with Crippen molar-refractivity contribution in [1.82, 2.24) is 4.98 Å². The van der Waals surface area contributed by atoms with Crippen molar-refractivity contribution in [3.63, 3.8) is 0 Å². The lowest BCUT2D eigenvalue weighted by Crippen LogP contribution is -2.26. The molecule has 4 rings (SSSR count). The fraction of sp³-hybridized carbons (Fsp3) is 0.130. The molecule has 12 nitrogen and oxygen atoms in total. The molecule has 0 saturated carbocycles. The van der Waals surface area contributed by atoms with Crippen LogP contribution in [0.1, 0.15) is 10.4 Å². The summed E-state index contributed by atoms with van der Waals surface area (Å²) in [5.74, 6) is -2.51. The van der Waals surface area contributed by atoms with E-state index in [0.29, 0.717) is 5.13 Å². The predicted octanol–water partition coefficient (Wildman–Crippen LogP) is 3.34. The SMILES string of the molecule is CN(c1cc2oc(-c3ccc(F)cc3)c(C(=O)OC(N)=O)c2cc1OCC(=O)Nc1nccs1)S(C)(=O)=O. The van der Waals surface area contributed by atoms with Gasteiger partial charge in [-0.3, -0.25) is 14.4 Å². The van der Waals surface area contributed by atoms with Crippen LogP contribution in [0.4, 0.5) is 20.0 Å². The third-order valence-corrected chi connectivity index (χ3v) is 7.03. The summed E-state index contributed by atoms with van der Waals surface area (Å²) in [7, 11) is -2.56. The number of hydrogen-bond acceptors (Lipinski definition) is 10. The number of furan rings is 1. The highest BCUT2D eigenvalue weighted by Crippen LogP contribution is 2.41. The van der Waals surface area contributed by atoms with Gasteiger partial charge in [0.05, 0.1) is 11.9 Å². The molecule has 15 heteroatoms. The van der Waals surface area contributed by atoms with E-state index in [-0.39, 0.29) is 39.3 Å². The molecule has 0 unspecified atom stereocenters. The first-order chi connectivity index (χ1) is 17.9. The topological polar surface area (TPSA) is 171 Å². The number of halogens is 1. The molecule has 0 bridgehead atoms. The van der Waals surface area contributed by atoms with Gasteiger partial charge in [0, 0.05) is 35.6 Å². The van der Waals surface area contributed by atoms with Gasteiger partial charge in [-0.25, -0.2) is 27.4 Å². The van der Waals surface area contributed by atoms with E-state index in [1.165, 1.54) is 48.8 Å². The second kappa shape index (κ2) is 10.5. The number of amides is 2. The van der Waals surface area contributed by atoms with Gasteiger partial charge >= 0.3 is 12.1 Å². The average molecular weight is 563 g/mol. The number of hydrogen-bond donors (Lipinski definition) is 2. The van der Waals surface area contributed by atoms with E-state index in [2.05, 4.69) is 15.0 Å². The minimum absolute atomic E-state index is 0.00540. The lowest BCUT2D eigenvalue weighted by molar-refractivity contribution is -0.118. The Labute approximate surface area is 218 Å². The highest BCUT2D eigenvalue weighted by molar-refractivity contribution is 7.92. The Balaban J connectivity index is 1.85. The number of nitrogens with zero attached hydrogens (tertiary/aromatic N) is 2. The number of anilines is 2. The van der Waals surface area contributed by atoms with Crippen molar-refractivity contribution in [3.05, 3.63) is 59.4 Å². The first kappa shape index (κ1) is 26.6. The molecule has 0 fully saturated rings. The predicted molar refractivity (Wildman–Crippen MR) is 136 cm³/mol.